The van der Waals surface area contributed by atoms with E-state index in [2.05, 4.69) is 49.0 Å². The maximum atomic E-state index is 5.24. The van der Waals surface area contributed by atoms with Crippen molar-refractivity contribution in [1.29, 1.82) is 0 Å². The Bertz CT molecular complexity index is 597. The summed E-state index contributed by atoms with van der Waals surface area (Å²) in [6, 6.07) is 2.53. The normalized spacial score (nSPS) is 11.3. The van der Waals surface area contributed by atoms with Gasteiger partial charge in [-0.05, 0) is 33.8 Å². The summed E-state index contributed by atoms with van der Waals surface area (Å²) in [7, 11) is 1.73. The van der Waals surface area contributed by atoms with Gasteiger partial charge in [-0.2, -0.15) is 4.98 Å². The molecule has 2 aromatic rings. The molecule has 0 radical (unpaired) electrons. The predicted octanol–water partition coefficient (Wildman–Crippen LogP) is 3.29. The third-order valence-electron chi connectivity index (χ3n) is 3.26. The number of nitrogens with one attached hydrogen (secondary N) is 1. The molecule has 0 spiro atoms. The molecule has 2 heterocycles. The molecule has 0 aliphatic heterocycles. The average Bonchev–Trinajstić information content (AvgIpc) is 2.79. The molecule has 0 aromatic carbocycles. The minimum absolute atomic E-state index is 0.355. The summed E-state index contributed by atoms with van der Waals surface area (Å²) in [6.45, 7) is 10.8. The van der Waals surface area contributed by atoms with Crippen LogP contribution in [-0.4, -0.2) is 42.8 Å². The zero-order valence-corrected chi connectivity index (χ0v) is 14.3. The van der Waals surface area contributed by atoms with Crippen molar-refractivity contribution in [3.63, 3.8) is 0 Å². The summed E-state index contributed by atoms with van der Waals surface area (Å²) < 4.78 is 5.24. The van der Waals surface area contributed by atoms with E-state index in [-0.39, 0.29) is 0 Å². The number of hydrogen-bond acceptors (Lipinski definition) is 6. The van der Waals surface area contributed by atoms with Crippen molar-refractivity contribution in [3.8, 4) is 0 Å². The smallest absolute Gasteiger partial charge is 0.226 e. The van der Waals surface area contributed by atoms with Crippen molar-refractivity contribution >= 4 is 33.3 Å². The minimum Gasteiger partial charge on any atom is -0.383 e. The van der Waals surface area contributed by atoms with Gasteiger partial charge in [-0.25, -0.2) is 4.98 Å². The number of hydrogen-bond donors (Lipinski definition) is 1. The molecule has 0 aliphatic rings. The van der Waals surface area contributed by atoms with E-state index in [1.165, 1.54) is 4.88 Å². The molecule has 6 heteroatoms. The number of thiophene rings is 1. The fraction of sp³-hybridized carbons (Fsp3) is 0.600. The molecule has 0 atom stereocenters. The molecule has 5 nitrogen and oxygen atoms in total. The van der Waals surface area contributed by atoms with Crippen molar-refractivity contribution in [3.05, 3.63) is 10.9 Å². The summed E-state index contributed by atoms with van der Waals surface area (Å²) in [5.74, 6) is 1.69. The van der Waals surface area contributed by atoms with E-state index in [1.807, 2.05) is 0 Å². The van der Waals surface area contributed by atoms with E-state index in [9.17, 15) is 0 Å². The average molecular weight is 308 g/mol. The lowest BCUT2D eigenvalue weighted by Gasteiger charge is -2.28. The molecule has 2 aromatic heterocycles. The van der Waals surface area contributed by atoms with E-state index >= 15 is 0 Å². The Balaban J connectivity index is 2.51. The Labute approximate surface area is 130 Å². The van der Waals surface area contributed by atoms with Crippen molar-refractivity contribution in [2.75, 3.05) is 37.0 Å². The highest BCUT2D eigenvalue weighted by Gasteiger charge is 2.18. The Morgan fingerprint density at radius 3 is 2.76 bits per heavy atom. The van der Waals surface area contributed by atoms with E-state index in [4.69, 9.17) is 9.72 Å². The summed E-state index contributed by atoms with van der Waals surface area (Å²) in [5.41, 5.74) is 0. The van der Waals surface area contributed by atoms with Gasteiger partial charge < -0.3 is 15.0 Å². The van der Waals surface area contributed by atoms with E-state index in [1.54, 1.807) is 18.4 Å². The Morgan fingerprint density at radius 2 is 2.14 bits per heavy atom. The van der Waals surface area contributed by atoms with Gasteiger partial charge in [0.25, 0.3) is 0 Å². The van der Waals surface area contributed by atoms with Crippen LogP contribution < -0.4 is 10.2 Å². The molecular weight excluding hydrogens is 284 g/mol. The SMILES string of the molecule is CCNc1nc(N(CCOC)C(C)C)c2cc(C)sc2n1. The van der Waals surface area contributed by atoms with Crippen LogP contribution in [0.1, 0.15) is 25.6 Å². The molecule has 0 saturated heterocycles. The fourth-order valence-electron chi connectivity index (χ4n) is 2.28. The zero-order chi connectivity index (χ0) is 15.4. The number of rotatable bonds is 7. The number of methoxy groups -OCH3 is 1. The minimum atomic E-state index is 0.355. The molecule has 2 rings (SSSR count). The highest BCUT2D eigenvalue weighted by molar-refractivity contribution is 7.18. The van der Waals surface area contributed by atoms with Crippen LogP contribution in [0.4, 0.5) is 11.8 Å². The summed E-state index contributed by atoms with van der Waals surface area (Å²) in [5, 5.41) is 4.35. The van der Waals surface area contributed by atoms with Gasteiger partial charge in [0.1, 0.15) is 10.6 Å². The molecular formula is C15H24N4OS. The van der Waals surface area contributed by atoms with Gasteiger partial charge >= 0.3 is 0 Å². The van der Waals surface area contributed by atoms with Crippen LogP contribution in [0.25, 0.3) is 10.2 Å². The van der Waals surface area contributed by atoms with Gasteiger partial charge in [0, 0.05) is 31.1 Å². The second-order valence-electron chi connectivity index (χ2n) is 5.26. The van der Waals surface area contributed by atoms with Gasteiger partial charge in [0.15, 0.2) is 0 Å². The van der Waals surface area contributed by atoms with Gasteiger partial charge in [0.2, 0.25) is 5.95 Å². The first-order valence-electron chi connectivity index (χ1n) is 7.34. The van der Waals surface area contributed by atoms with Crippen molar-refractivity contribution in [2.45, 2.75) is 33.7 Å². The lowest BCUT2D eigenvalue weighted by molar-refractivity contribution is 0.203. The number of ether oxygens (including phenoxy) is 1. The molecule has 21 heavy (non-hydrogen) atoms. The molecule has 0 amide bonds. The fourth-order valence-corrected chi connectivity index (χ4v) is 3.16. The molecule has 0 unspecified atom stereocenters. The lowest BCUT2D eigenvalue weighted by atomic mass is 10.2. The van der Waals surface area contributed by atoms with Crippen molar-refractivity contribution in [1.82, 2.24) is 9.97 Å². The van der Waals surface area contributed by atoms with Crippen LogP contribution in [-0.2, 0) is 4.74 Å². The monoisotopic (exact) mass is 308 g/mol. The highest BCUT2D eigenvalue weighted by Crippen LogP contribution is 2.32. The first-order chi connectivity index (χ1) is 10.1. The van der Waals surface area contributed by atoms with Crippen LogP contribution in [0, 0.1) is 6.92 Å². The first-order valence-corrected chi connectivity index (χ1v) is 8.16. The molecule has 116 valence electrons. The number of aryl methyl sites for hydroxylation is 1. The molecule has 0 saturated carbocycles. The predicted molar refractivity (Wildman–Crippen MR) is 90.7 cm³/mol. The maximum Gasteiger partial charge on any atom is 0.226 e. The number of aromatic nitrogens is 2. The highest BCUT2D eigenvalue weighted by atomic mass is 32.1. The van der Waals surface area contributed by atoms with Crippen LogP contribution in [0.2, 0.25) is 0 Å². The molecule has 0 bridgehead atoms. The van der Waals surface area contributed by atoms with Crippen molar-refractivity contribution < 1.29 is 4.74 Å². The Kier molecular flexibility index (Phi) is 5.36. The standard InChI is InChI=1S/C15H24N4OS/c1-6-16-15-17-13(19(10(2)3)7-8-20-5)12-9-11(4)21-14(12)18-15/h9-10H,6-8H2,1-5H3,(H,16,17,18). The molecule has 0 fully saturated rings. The van der Waals surface area contributed by atoms with Gasteiger partial charge in [-0.3, -0.25) is 0 Å². The third-order valence-corrected chi connectivity index (χ3v) is 4.21. The molecule has 1 N–H and O–H groups in total. The van der Waals surface area contributed by atoms with Crippen LogP contribution in [0.3, 0.4) is 0 Å². The van der Waals surface area contributed by atoms with Gasteiger partial charge in [-0.1, -0.05) is 0 Å². The Hall–Kier alpha value is -1.40. The second-order valence-corrected chi connectivity index (χ2v) is 6.49. The second kappa shape index (κ2) is 7.04. The van der Waals surface area contributed by atoms with Crippen LogP contribution in [0.5, 0.6) is 0 Å². The molecule has 0 aliphatic carbocycles. The number of fused-ring (bicyclic) bond motifs is 1. The summed E-state index contributed by atoms with van der Waals surface area (Å²) >= 11 is 1.71. The third kappa shape index (κ3) is 3.63. The maximum absolute atomic E-state index is 5.24. The zero-order valence-electron chi connectivity index (χ0n) is 13.4. The summed E-state index contributed by atoms with van der Waals surface area (Å²) in [6.07, 6.45) is 0. The number of nitrogens with zero attached hydrogens (tertiary/aromatic N) is 3. The van der Waals surface area contributed by atoms with Crippen LogP contribution >= 0.6 is 11.3 Å². The van der Waals surface area contributed by atoms with Gasteiger partial charge in [-0.15, -0.1) is 11.3 Å². The number of anilines is 2. The topological polar surface area (TPSA) is 50.3 Å². The van der Waals surface area contributed by atoms with E-state index in [0.29, 0.717) is 18.6 Å². The van der Waals surface area contributed by atoms with Gasteiger partial charge in [0.05, 0.1) is 12.0 Å². The van der Waals surface area contributed by atoms with Crippen LogP contribution in [0.15, 0.2) is 6.07 Å². The van der Waals surface area contributed by atoms with E-state index in [0.717, 1.165) is 29.1 Å². The summed E-state index contributed by atoms with van der Waals surface area (Å²) in [4.78, 5) is 13.9. The van der Waals surface area contributed by atoms with Crippen molar-refractivity contribution in [2.24, 2.45) is 0 Å². The largest absolute Gasteiger partial charge is 0.383 e. The first kappa shape index (κ1) is 16.0. The Morgan fingerprint density at radius 1 is 1.38 bits per heavy atom. The lowest BCUT2D eigenvalue weighted by Crippen LogP contribution is -2.34. The quantitative estimate of drug-likeness (QED) is 0.850. The van der Waals surface area contributed by atoms with E-state index < -0.39 is 0 Å².